The number of hydrogen-bond acceptors (Lipinski definition) is 5. The summed E-state index contributed by atoms with van der Waals surface area (Å²) >= 11 is 1.60. The van der Waals surface area contributed by atoms with Crippen LogP contribution in [0.15, 0.2) is 18.2 Å². The molecule has 0 radical (unpaired) electrons. The molecule has 1 rings (SSSR count). The lowest BCUT2D eigenvalue weighted by atomic mass is 10.1. The summed E-state index contributed by atoms with van der Waals surface area (Å²) in [6.45, 7) is 0.315. The van der Waals surface area contributed by atoms with Gasteiger partial charge in [0, 0.05) is 6.54 Å². The molecule has 0 aliphatic rings. The average molecular weight is 341 g/mol. The fraction of sp³-hybridized carbons (Fsp3) is 0.467. The van der Waals surface area contributed by atoms with Crippen molar-refractivity contribution in [3.8, 4) is 11.5 Å². The van der Waals surface area contributed by atoms with Gasteiger partial charge in [-0.05, 0) is 36.1 Å². The van der Waals surface area contributed by atoms with E-state index in [-0.39, 0.29) is 5.91 Å². The molecule has 0 saturated carbocycles. The molecule has 0 aliphatic carbocycles. The molecule has 0 saturated heterocycles. The lowest BCUT2D eigenvalue weighted by Gasteiger charge is -2.17. The van der Waals surface area contributed by atoms with E-state index in [0.29, 0.717) is 24.5 Å². The Hall–Kier alpha value is -2.09. The van der Waals surface area contributed by atoms with E-state index in [1.54, 1.807) is 38.1 Å². The first-order valence-corrected chi connectivity index (χ1v) is 8.44. The van der Waals surface area contributed by atoms with E-state index in [0.717, 1.165) is 11.3 Å². The zero-order chi connectivity index (χ0) is 17.2. The third kappa shape index (κ3) is 6.27. The molecule has 1 aromatic rings. The SMILES string of the molecule is COc1ccc(CNC(=O)[C@H](CCSC)NC(N)=O)cc1OC. The third-order valence-corrected chi connectivity index (χ3v) is 3.80. The fourth-order valence-corrected chi connectivity index (χ4v) is 2.45. The summed E-state index contributed by atoms with van der Waals surface area (Å²) in [5, 5.41) is 5.25. The summed E-state index contributed by atoms with van der Waals surface area (Å²) in [6.07, 6.45) is 2.45. The van der Waals surface area contributed by atoms with E-state index >= 15 is 0 Å². The van der Waals surface area contributed by atoms with E-state index in [9.17, 15) is 9.59 Å². The van der Waals surface area contributed by atoms with Crippen molar-refractivity contribution in [2.75, 3.05) is 26.2 Å². The van der Waals surface area contributed by atoms with Crippen LogP contribution in [0, 0.1) is 0 Å². The van der Waals surface area contributed by atoms with Crippen LogP contribution in [-0.4, -0.2) is 44.2 Å². The number of hydrogen-bond donors (Lipinski definition) is 3. The number of primary amides is 1. The number of carbonyl (C=O) groups excluding carboxylic acids is 2. The van der Waals surface area contributed by atoms with Crippen LogP contribution in [0.2, 0.25) is 0 Å². The van der Waals surface area contributed by atoms with Gasteiger partial charge >= 0.3 is 6.03 Å². The number of urea groups is 1. The normalized spacial score (nSPS) is 11.4. The summed E-state index contributed by atoms with van der Waals surface area (Å²) in [4.78, 5) is 23.2. The zero-order valence-corrected chi connectivity index (χ0v) is 14.4. The standard InChI is InChI=1S/C15H23N3O4S/c1-21-12-5-4-10(8-13(12)22-2)9-17-14(19)11(6-7-23-3)18-15(16)20/h4-5,8,11H,6-7,9H2,1-3H3,(H,17,19)(H3,16,18,20)/t11-/m0/s1. The molecule has 0 fully saturated rings. The molecule has 1 aromatic carbocycles. The first-order valence-electron chi connectivity index (χ1n) is 7.05. The molecule has 3 amide bonds. The van der Waals surface area contributed by atoms with Gasteiger partial charge in [0.2, 0.25) is 5.91 Å². The number of nitrogens with two attached hydrogens (primary N) is 1. The second kappa shape index (κ2) is 9.83. The van der Waals surface area contributed by atoms with Crippen LogP contribution in [0.3, 0.4) is 0 Å². The number of amides is 3. The van der Waals surface area contributed by atoms with Crippen LogP contribution < -0.4 is 25.8 Å². The maximum absolute atomic E-state index is 12.2. The van der Waals surface area contributed by atoms with Gasteiger partial charge in [0.15, 0.2) is 11.5 Å². The minimum Gasteiger partial charge on any atom is -0.493 e. The smallest absolute Gasteiger partial charge is 0.312 e. The maximum atomic E-state index is 12.2. The largest absolute Gasteiger partial charge is 0.493 e. The molecule has 128 valence electrons. The van der Waals surface area contributed by atoms with Crippen molar-refractivity contribution >= 4 is 23.7 Å². The summed E-state index contributed by atoms with van der Waals surface area (Å²) in [6, 6.07) is 4.04. The van der Waals surface area contributed by atoms with Crippen LogP contribution in [0.25, 0.3) is 0 Å². The molecule has 0 aromatic heterocycles. The Morgan fingerprint density at radius 1 is 1.26 bits per heavy atom. The van der Waals surface area contributed by atoms with Gasteiger partial charge in [0.25, 0.3) is 0 Å². The highest BCUT2D eigenvalue weighted by molar-refractivity contribution is 7.98. The zero-order valence-electron chi connectivity index (χ0n) is 13.5. The minimum atomic E-state index is -0.711. The van der Waals surface area contributed by atoms with E-state index in [2.05, 4.69) is 10.6 Å². The summed E-state index contributed by atoms with van der Waals surface area (Å²) in [5.74, 6) is 1.69. The molecule has 0 heterocycles. The number of benzene rings is 1. The number of rotatable bonds is 9. The Morgan fingerprint density at radius 3 is 2.52 bits per heavy atom. The first-order chi connectivity index (χ1) is 11.0. The molecule has 4 N–H and O–H groups in total. The lowest BCUT2D eigenvalue weighted by molar-refractivity contribution is -0.123. The molecule has 7 nitrogen and oxygen atoms in total. The Labute approximate surface area is 140 Å². The second-order valence-electron chi connectivity index (χ2n) is 4.75. The third-order valence-electron chi connectivity index (χ3n) is 3.16. The number of thioether (sulfide) groups is 1. The van der Waals surface area contributed by atoms with E-state index in [1.807, 2.05) is 12.3 Å². The Morgan fingerprint density at radius 2 is 1.96 bits per heavy atom. The van der Waals surface area contributed by atoms with Crippen LogP contribution in [0.4, 0.5) is 4.79 Å². The van der Waals surface area contributed by atoms with Gasteiger partial charge in [-0.2, -0.15) is 11.8 Å². The molecule has 1 atom stereocenters. The molecule has 23 heavy (non-hydrogen) atoms. The highest BCUT2D eigenvalue weighted by Gasteiger charge is 2.19. The molecule has 0 aliphatic heterocycles. The quantitative estimate of drug-likeness (QED) is 0.624. The van der Waals surface area contributed by atoms with Crippen LogP contribution >= 0.6 is 11.8 Å². The Bertz CT molecular complexity index is 539. The monoisotopic (exact) mass is 341 g/mol. The van der Waals surface area contributed by atoms with Crippen molar-refractivity contribution in [1.29, 1.82) is 0 Å². The van der Waals surface area contributed by atoms with Crippen molar-refractivity contribution in [1.82, 2.24) is 10.6 Å². The fourth-order valence-electron chi connectivity index (χ4n) is 1.98. The molecule has 0 spiro atoms. The van der Waals surface area contributed by atoms with Gasteiger partial charge in [-0.1, -0.05) is 6.07 Å². The highest BCUT2D eigenvalue weighted by atomic mass is 32.2. The van der Waals surface area contributed by atoms with Crippen LogP contribution in [0.1, 0.15) is 12.0 Å². The highest BCUT2D eigenvalue weighted by Crippen LogP contribution is 2.27. The van der Waals surface area contributed by atoms with Crippen molar-refractivity contribution in [2.24, 2.45) is 5.73 Å². The lowest BCUT2D eigenvalue weighted by Crippen LogP contribution is -2.48. The molecule has 8 heteroatoms. The predicted octanol–water partition coefficient (Wildman–Crippen LogP) is 1.11. The first kappa shape index (κ1) is 19.0. The van der Waals surface area contributed by atoms with E-state index in [4.69, 9.17) is 15.2 Å². The molecular formula is C15H23N3O4S. The molecular weight excluding hydrogens is 318 g/mol. The Balaban J connectivity index is 2.67. The Kier molecular flexibility index (Phi) is 8.10. The van der Waals surface area contributed by atoms with Gasteiger partial charge in [0.05, 0.1) is 14.2 Å². The van der Waals surface area contributed by atoms with Crippen molar-refractivity contribution in [3.63, 3.8) is 0 Å². The molecule has 0 bridgehead atoms. The minimum absolute atomic E-state index is 0.271. The summed E-state index contributed by atoms with van der Waals surface area (Å²) in [5.41, 5.74) is 5.97. The maximum Gasteiger partial charge on any atom is 0.312 e. The van der Waals surface area contributed by atoms with E-state index in [1.165, 1.54) is 0 Å². The van der Waals surface area contributed by atoms with Gasteiger partial charge in [-0.15, -0.1) is 0 Å². The number of carbonyl (C=O) groups is 2. The predicted molar refractivity (Wildman–Crippen MR) is 90.9 cm³/mol. The van der Waals surface area contributed by atoms with Crippen LogP contribution in [-0.2, 0) is 11.3 Å². The number of nitrogens with one attached hydrogen (secondary N) is 2. The summed E-state index contributed by atoms with van der Waals surface area (Å²) in [7, 11) is 3.11. The van der Waals surface area contributed by atoms with E-state index < -0.39 is 12.1 Å². The number of ether oxygens (including phenoxy) is 2. The van der Waals surface area contributed by atoms with Crippen molar-refractivity contribution in [3.05, 3.63) is 23.8 Å². The van der Waals surface area contributed by atoms with Crippen LogP contribution in [0.5, 0.6) is 11.5 Å². The average Bonchev–Trinajstić information content (AvgIpc) is 2.55. The topological polar surface area (TPSA) is 103 Å². The van der Waals surface area contributed by atoms with Gasteiger partial charge < -0.3 is 25.8 Å². The number of methoxy groups -OCH3 is 2. The van der Waals surface area contributed by atoms with Gasteiger partial charge in [-0.3, -0.25) is 4.79 Å². The van der Waals surface area contributed by atoms with Gasteiger partial charge in [-0.25, -0.2) is 4.79 Å². The molecule has 0 unspecified atom stereocenters. The second-order valence-corrected chi connectivity index (χ2v) is 5.74. The van der Waals surface area contributed by atoms with Crippen molar-refractivity contribution in [2.45, 2.75) is 19.0 Å². The summed E-state index contributed by atoms with van der Waals surface area (Å²) < 4.78 is 10.4. The van der Waals surface area contributed by atoms with Gasteiger partial charge in [0.1, 0.15) is 6.04 Å². The van der Waals surface area contributed by atoms with Crippen molar-refractivity contribution < 1.29 is 19.1 Å².